The van der Waals surface area contributed by atoms with Gasteiger partial charge < -0.3 is 10.1 Å². The number of rotatable bonds is 3. The van der Waals surface area contributed by atoms with Gasteiger partial charge in [0.15, 0.2) is 0 Å². The topological polar surface area (TPSA) is 21.3 Å². The Morgan fingerprint density at radius 1 is 1.21 bits per heavy atom. The number of ether oxygens (including phenoxy) is 1. The molecule has 0 aromatic heterocycles. The van der Waals surface area contributed by atoms with E-state index >= 15 is 0 Å². The zero-order chi connectivity index (χ0) is 13.9. The van der Waals surface area contributed by atoms with Gasteiger partial charge in [0.05, 0.1) is 6.10 Å². The number of benzene rings is 1. The molecule has 1 N–H and O–H groups in total. The highest BCUT2D eigenvalue weighted by Crippen LogP contribution is 2.34. The fraction of sp³-hybridized carbons (Fsp3) is 0.647. The lowest BCUT2D eigenvalue weighted by molar-refractivity contribution is 0.00787. The van der Waals surface area contributed by atoms with Crippen LogP contribution in [0.5, 0.6) is 0 Å². The van der Waals surface area contributed by atoms with Gasteiger partial charge in [0, 0.05) is 18.7 Å². The van der Waals surface area contributed by atoms with Gasteiger partial charge in [-0.15, -0.1) is 0 Å². The molecule has 2 heteroatoms. The molecular formula is C17H27NO. The summed E-state index contributed by atoms with van der Waals surface area (Å²) in [4.78, 5) is 0. The molecule has 2 nitrogen and oxygen atoms in total. The minimum atomic E-state index is 0.211. The van der Waals surface area contributed by atoms with Crippen molar-refractivity contribution >= 4 is 0 Å². The highest BCUT2D eigenvalue weighted by Gasteiger charge is 2.30. The van der Waals surface area contributed by atoms with Gasteiger partial charge in [-0.25, -0.2) is 0 Å². The van der Waals surface area contributed by atoms with Crippen LogP contribution < -0.4 is 5.32 Å². The van der Waals surface area contributed by atoms with Crippen LogP contribution in [-0.2, 0) is 4.74 Å². The zero-order valence-electron chi connectivity index (χ0n) is 12.6. The molecule has 1 aliphatic heterocycles. The number of nitrogens with one attached hydrogen (secondary N) is 1. The van der Waals surface area contributed by atoms with Crippen molar-refractivity contribution in [1.82, 2.24) is 5.32 Å². The SMILES string of the molecule is CC1CC(NC(c2ccccc2)C(C)(C)C)CCO1. The van der Waals surface area contributed by atoms with Gasteiger partial charge in [0.25, 0.3) is 0 Å². The maximum Gasteiger partial charge on any atom is 0.0561 e. The van der Waals surface area contributed by atoms with Crippen LogP contribution >= 0.6 is 0 Å². The monoisotopic (exact) mass is 261 g/mol. The average molecular weight is 261 g/mol. The van der Waals surface area contributed by atoms with E-state index in [9.17, 15) is 0 Å². The van der Waals surface area contributed by atoms with Crippen molar-refractivity contribution in [3.63, 3.8) is 0 Å². The molecule has 106 valence electrons. The highest BCUT2D eigenvalue weighted by atomic mass is 16.5. The van der Waals surface area contributed by atoms with Gasteiger partial charge in [0.2, 0.25) is 0 Å². The van der Waals surface area contributed by atoms with Crippen LogP contribution in [0.25, 0.3) is 0 Å². The zero-order valence-corrected chi connectivity index (χ0v) is 12.6. The molecule has 1 heterocycles. The lowest BCUT2D eigenvalue weighted by Crippen LogP contribution is -2.43. The minimum Gasteiger partial charge on any atom is -0.378 e. The molecule has 0 radical (unpaired) electrons. The molecule has 1 aromatic carbocycles. The van der Waals surface area contributed by atoms with Gasteiger partial charge in [-0.3, -0.25) is 0 Å². The molecule has 1 aliphatic rings. The van der Waals surface area contributed by atoms with E-state index in [2.05, 4.69) is 63.3 Å². The van der Waals surface area contributed by atoms with Crippen molar-refractivity contribution < 1.29 is 4.74 Å². The molecule has 1 aromatic rings. The predicted octanol–water partition coefficient (Wildman–Crippen LogP) is 3.93. The van der Waals surface area contributed by atoms with Crippen molar-refractivity contribution in [1.29, 1.82) is 0 Å². The van der Waals surface area contributed by atoms with Crippen LogP contribution in [-0.4, -0.2) is 18.8 Å². The summed E-state index contributed by atoms with van der Waals surface area (Å²) in [6.07, 6.45) is 2.60. The summed E-state index contributed by atoms with van der Waals surface area (Å²) < 4.78 is 5.64. The molecular weight excluding hydrogens is 234 g/mol. The normalized spacial score (nSPS) is 26.1. The first kappa shape index (κ1) is 14.5. The molecule has 0 amide bonds. The summed E-state index contributed by atoms with van der Waals surface area (Å²) in [5.41, 5.74) is 1.59. The average Bonchev–Trinajstić information content (AvgIpc) is 2.36. The summed E-state index contributed by atoms with van der Waals surface area (Å²) in [6, 6.07) is 11.7. The highest BCUT2D eigenvalue weighted by molar-refractivity contribution is 5.21. The summed E-state index contributed by atoms with van der Waals surface area (Å²) in [5, 5.41) is 3.86. The van der Waals surface area contributed by atoms with Gasteiger partial charge in [0.1, 0.15) is 0 Å². The lowest BCUT2D eigenvalue weighted by atomic mass is 9.81. The van der Waals surface area contributed by atoms with Crippen molar-refractivity contribution in [2.45, 2.75) is 58.7 Å². The molecule has 3 atom stereocenters. The van der Waals surface area contributed by atoms with E-state index in [1.54, 1.807) is 0 Å². The maximum absolute atomic E-state index is 5.64. The Labute approximate surface area is 117 Å². The van der Waals surface area contributed by atoms with Crippen molar-refractivity contribution in [3.8, 4) is 0 Å². The van der Waals surface area contributed by atoms with Crippen LogP contribution in [0.4, 0.5) is 0 Å². The van der Waals surface area contributed by atoms with E-state index in [0.717, 1.165) is 19.4 Å². The van der Waals surface area contributed by atoms with E-state index in [-0.39, 0.29) is 5.41 Å². The Morgan fingerprint density at radius 3 is 2.47 bits per heavy atom. The number of hydrogen-bond acceptors (Lipinski definition) is 2. The van der Waals surface area contributed by atoms with Crippen LogP contribution in [0, 0.1) is 5.41 Å². The Kier molecular flexibility index (Phi) is 4.64. The summed E-state index contributed by atoms with van der Waals surface area (Å²) in [5.74, 6) is 0. The summed E-state index contributed by atoms with van der Waals surface area (Å²) >= 11 is 0. The van der Waals surface area contributed by atoms with E-state index in [4.69, 9.17) is 4.74 Å². The third-order valence-electron chi connectivity index (χ3n) is 3.89. The van der Waals surface area contributed by atoms with E-state index in [1.165, 1.54) is 5.56 Å². The van der Waals surface area contributed by atoms with E-state index in [0.29, 0.717) is 18.2 Å². The number of hydrogen-bond donors (Lipinski definition) is 1. The van der Waals surface area contributed by atoms with Crippen LogP contribution in [0.15, 0.2) is 30.3 Å². The van der Waals surface area contributed by atoms with Gasteiger partial charge in [-0.05, 0) is 30.7 Å². The molecule has 2 rings (SSSR count). The summed E-state index contributed by atoms with van der Waals surface area (Å²) in [6.45, 7) is 9.97. The first-order chi connectivity index (χ1) is 8.97. The molecule has 0 aliphatic carbocycles. The molecule has 19 heavy (non-hydrogen) atoms. The quantitative estimate of drug-likeness (QED) is 0.890. The van der Waals surface area contributed by atoms with Gasteiger partial charge >= 0.3 is 0 Å². The fourth-order valence-electron chi connectivity index (χ4n) is 2.88. The Bertz CT molecular complexity index is 382. The Hall–Kier alpha value is -0.860. The third-order valence-corrected chi connectivity index (χ3v) is 3.89. The predicted molar refractivity (Wildman–Crippen MR) is 80.2 cm³/mol. The molecule has 0 spiro atoms. The van der Waals surface area contributed by atoms with Gasteiger partial charge in [-0.1, -0.05) is 51.1 Å². The second-order valence-corrected chi connectivity index (χ2v) is 6.78. The van der Waals surface area contributed by atoms with Crippen molar-refractivity contribution in [3.05, 3.63) is 35.9 Å². The Morgan fingerprint density at radius 2 is 1.89 bits per heavy atom. The van der Waals surface area contributed by atoms with E-state index in [1.807, 2.05) is 0 Å². The second-order valence-electron chi connectivity index (χ2n) is 6.78. The van der Waals surface area contributed by atoms with E-state index < -0.39 is 0 Å². The smallest absolute Gasteiger partial charge is 0.0561 e. The second kappa shape index (κ2) is 6.06. The van der Waals surface area contributed by atoms with Crippen molar-refractivity contribution in [2.75, 3.05) is 6.61 Å². The molecule has 0 bridgehead atoms. The van der Waals surface area contributed by atoms with Crippen LogP contribution in [0.3, 0.4) is 0 Å². The van der Waals surface area contributed by atoms with Crippen LogP contribution in [0.1, 0.15) is 52.1 Å². The standard InChI is InChI=1S/C17H27NO/c1-13-12-15(10-11-19-13)18-16(17(2,3)4)14-8-6-5-7-9-14/h5-9,13,15-16,18H,10-12H2,1-4H3. The maximum atomic E-state index is 5.64. The first-order valence-electron chi connectivity index (χ1n) is 7.39. The largest absolute Gasteiger partial charge is 0.378 e. The third kappa shape index (κ3) is 4.05. The lowest BCUT2D eigenvalue weighted by Gasteiger charge is -2.38. The minimum absolute atomic E-state index is 0.211. The Balaban J connectivity index is 2.11. The summed E-state index contributed by atoms with van der Waals surface area (Å²) in [7, 11) is 0. The molecule has 1 saturated heterocycles. The first-order valence-corrected chi connectivity index (χ1v) is 7.39. The fourth-order valence-corrected chi connectivity index (χ4v) is 2.88. The molecule has 0 saturated carbocycles. The van der Waals surface area contributed by atoms with Gasteiger partial charge in [-0.2, -0.15) is 0 Å². The molecule has 1 fully saturated rings. The van der Waals surface area contributed by atoms with Crippen LogP contribution in [0.2, 0.25) is 0 Å². The molecule has 3 unspecified atom stereocenters. The van der Waals surface area contributed by atoms with Crippen molar-refractivity contribution in [2.24, 2.45) is 5.41 Å².